The number of benzene rings is 1. The maximum absolute atomic E-state index is 11.9. The van der Waals surface area contributed by atoms with Crippen LogP contribution in [0.15, 0.2) is 24.3 Å². The first-order chi connectivity index (χ1) is 8.41. The summed E-state index contributed by atoms with van der Waals surface area (Å²) >= 11 is 0. The van der Waals surface area contributed by atoms with Crippen LogP contribution in [-0.2, 0) is 16.1 Å². The van der Waals surface area contributed by atoms with Crippen LogP contribution in [0.2, 0.25) is 0 Å². The van der Waals surface area contributed by atoms with Gasteiger partial charge < -0.3 is 16.4 Å². The normalized spacial score (nSPS) is 11.9. The highest BCUT2D eigenvalue weighted by molar-refractivity contribution is 5.87. The van der Waals surface area contributed by atoms with E-state index in [1.54, 1.807) is 7.05 Å². The number of nitrogens with zero attached hydrogens (tertiary/aromatic N) is 1. The van der Waals surface area contributed by atoms with E-state index in [9.17, 15) is 9.59 Å². The van der Waals surface area contributed by atoms with E-state index in [1.165, 1.54) is 4.90 Å². The molecule has 2 amide bonds. The molecule has 0 aliphatic carbocycles. The molecule has 0 radical (unpaired) electrons. The molecule has 1 aromatic carbocycles. The van der Waals surface area contributed by atoms with Crippen molar-refractivity contribution in [3.63, 3.8) is 0 Å². The Kier molecular flexibility index (Phi) is 4.85. The van der Waals surface area contributed by atoms with Crippen molar-refractivity contribution >= 4 is 11.8 Å². The Labute approximate surface area is 107 Å². The van der Waals surface area contributed by atoms with E-state index in [0.717, 1.165) is 11.1 Å². The molecule has 1 rings (SSSR count). The number of likely N-dealkylation sites (N-methyl/N-ethyl adjacent to an activating group) is 1. The van der Waals surface area contributed by atoms with Crippen molar-refractivity contribution in [2.45, 2.75) is 25.9 Å². The first-order valence-corrected chi connectivity index (χ1v) is 5.75. The third kappa shape index (κ3) is 3.85. The molecule has 0 saturated heterocycles. The van der Waals surface area contributed by atoms with Crippen LogP contribution in [0.1, 0.15) is 17.5 Å². The Bertz CT molecular complexity index is 446. The van der Waals surface area contributed by atoms with Crippen molar-refractivity contribution in [3.8, 4) is 0 Å². The highest BCUT2D eigenvalue weighted by atomic mass is 16.2. The van der Waals surface area contributed by atoms with Crippen LogP contribution in [0.5, 0.6) is 0 Å². The fourth-order valence-corrected chi connectivity index (χ4v) is 1.71. The summed E-state index contributed by atoms with van der Waals surface area (Å²) in [5.74, 6) is -0.850. The lowest BCUT2D eigenvalue weighted by Crippen LogP contribution is -2.43. The zero-order chi connectivity index (χ0) is 13.7. The summed E-state index contributed by atoms with van der Waals surface area (Å²) in [7, 11) is 1.66. The maximum atomic E-state index is 11.9. The Hall–Kier alpha value is -1.88. The third-order valence-electron chi connectivity index (χ3n) is 2.78. The molecule has 1 aromatic rings. The molecule has 1 unspecified atom stereocenters. The van der Waals surface area contributed by atoms with E-state index in [0.29, 0.717) is 6.54 Å². The average molecular weight is 249 g/mol. The van der Waals surface area contributed by atoms with Crippen LogP contribution < -0.4 is 11.5 Å². The summed E-state index contributed by atoms with van der Waals surface area (Å²) in [6, 6.07) is 6.94. The predicted octanol–water partition coefficient (Wildman–Crippen LogP) is 0.156. The van der Waals surface area contributed by atoms with Crippen LogP contribution in [0, 0.1) is 6.92 Å². The van der Waals surface area contributed by atoms with Crippen LogP contribution in [0.25, 0.3) is 0 Å². The number of primary amides is 1. The molecule has 5 nitrogen and oxygen atoms in total. The number of aryl methyl sites for hydroxylation is 1. The Morgan fingerprint density at radius 2 is 1.94 bits per heavy atom. The van der Waals surface area contributed by atoms with Crippen molar-refractivity contribution in [2.24, 2.45) is 11.5 Å². The standard InChI is InChI=1S/C13H19N3O2/c1-9-5-3-4-6-10(9)8-16(2)13(18)11(14)7-12(15)17/h3-6,11H,7-8,14H2,1-2H3,(H2,15,17). The summed E-state index contributed by atoms with van der Waals surface area (Å²) in [6.45, 7) is 2.45. The predicted molar refractivity (Wildman–Crippen MR) is 69.4 cm³/mol. The SMILES string of the molecule is Cc1ccccc1CN(C)C(=O)C(N)CC(N)=O. The molecule has 0 aliphatic heterocycles. The van der Waals surface area contributed by atoms with Gasteiger partial charge in [-0.1, -0.05) is 24.3 Å². The van der Waals surface area contributed by atoms with Gasteiger partial charge in [-0.25, -0.2) is 0 Å². The van der Waals surface area contributed by atoms with E-state index >= 15 is 0 Å². The maximum Gasteiger partial charge on any atom is 0.240 e. The highest BCUT2D eigenvalue weighted by Gasteiger charge is 2.20. The molecular weight excluding hydrogens is 230 g/mol. The van der Waals surface area contributed by atoms with Crippen LogP contribution in [0.4, 0.5) is 0 Å². The molecule has 18 heavy (non-hydrogen) atoms. The number of carbonyl (C=O) groups is 2. The second-order valence-electron chi connectivity index (χ2n) is 4.40. The molecule has 4 N–H and O–H groups in total. The largest absolute Gasteiger partial charge is 0.370 e. The number of amides is 2. The second-order valence-corrected chi connectivity index (χ2v) is 4.40. The lowest BCUT2D eigenvalue weighted by Gasteiger charge is -2.21. The van der Waals surface area contributed by atoms with Gasteiger partial charge in [0.25, 0.3) is 0 Å². The van der Waals surface area contributed by atoms with Crippen molar-refractivity contribution in [3.05, 3.63) is 35.4 Å². The first-order valence-electron chi connectivity index (χ1n) is 5.75. The van der Waals surface area contributed by atoms with Gasteiger partial charge in [-0.2, -0.15) is 0 Å². The summed E-state index contributed by atoms with van der Waals surface area (Å²) in [6.07, 6.45) is -0.128. The summed E-state index contributed by atoms with van der Waals surface area (Å²) in [5, 5.41) is 0. The van der Waals surface area contributed by atoms with E-state index in [2.05, 4.69) is 0 Å². The molecule has 98 valence electrons. The Morgan fingerprint density at radius 1 is 1.33 bits per heavy atom. The van der Waals surface area contributed by atoms with Crippen LogP contribution >= 0.6 is 0 Å². The van der Waals surface area contributed by atoms with Gasteiger partial charge in [-0.3, -0.25) is 9.59 Å². The van der Waals surface area contributed by atoms with Gasteiger partial charge in [0.15, 0.2) is 0 Å². The number of nitrogens with two attached hydrogens (primary N) is 2. The van der Waals surface area contributed by atoms with Crippen molar-refractivity contribution < 1.29 is 9.59 Å². The number of hydrogen-bond acceptors (Lipinski definition) is 3. The lowest BCUT2D eigenvalue weighted by molar-refractivity contribution is -0.133. The minimum absolute atomic E-state index is 0.128. The summed E-state index contributed by atoms with van der Waals surface area (Å²) in [5.41, 5.74) is 12.8. The van der Waals surface area contributed by atoms with Gasteiger partial charge in [0.2, 0.25) is 11.8 Å². The Morgan fingerprint density at radius 3 is 2.50 bits per heavy atom. The molecule has 0 heterocycles. The molecule has 1 atom stereocenters. The van der Waals surface area contributed by atoms with Crippen molar-refractivity contribution in [1.29, 1.82) is 0 Å². The van der Waals surface area contributed by atoms with E-state index in [4.69, 9.17) is 11.5 Å². The fraction of sp³-hybridized carbons (Fsp3) is 0.385. The molecule has 0 fully saturated rings. The monoisotopic (exact) mass is 249 g/mol. The average Bonchev–Trinajstić information content (AvgIpc) is 2.30. The first kappa shape index (κ1) is 14.2. The number of carbonyl (C=O) groups excluding carboxylic acids is 2. The van der Waals surface area contributed by atoms with Gasteiger partial charge in [0.1, 0.15) is 0 Å². The lowest BCUT2D eigenvalue weighted by atomic mass is 10.1. The van der Waals surface area contributed by atoms with Crippen LogP contribution in [-0.4, -0.2) is 29.8 Å². The summed E-state index contributed by atoms with van der Waals surface area (Å²) < 4.78 is 0. The van der Waals surface area contributed by atoms with Crippen molar-refractivity contribution in [1.82, 2.24) is 4.90 Å². The van der Waals surface area contributed by atoms with Gasteiger partial charge in [0.05, 0.1) is 12.5 Å². The molecular formula is C13H19N3O2. The minimum atomic E-state index is -0.864. The van der Waals surface area contributed by atoms with Gasteiger partial charge in [-0.05, 0) is 18.1 Å². The smallest absolute Gasteiger partial charge is 0.240 e. The van der Waals surface area contributed by atoms with Crippen molar-refractivity contribution in [2.75, 3.05) is 7.05 Å². The molecule has 0 saturated carbocycles. The summed E-state index contributed by atoms with van der Waals surface area (Å²) in [4.78, 5) is 24.1. The molecule has 5 heteroatoms. The fourth-order valence-electron chi connectivity index (χ4n) is 1.71. The number of rotatable bonds is 5. The molecule has 0 aromatic heterocycles. The third-order valence-corrected chi connectivity index (χ3v) is 2.78. The quantitative estimate of drug-likeness (QED) is 0.778. The minimum Gasteiger partial charge on any atom is -0.370 e. The van der Waals surface area contributed by atoms with Gasteiger partial charge >= 0.3 is 0 Å². The number of hydrogen-bond donors (Lipinski definition) is 2. The van der Waals surface area contributed by atoms with E-state index in [1.807, 2.05) is 31.2 Å². The van der Waals surface area contributed by atoms with E-state index < -0.39 is 11.9 Å². The zero-order valence-electron chi connectivity index (χ0n) is 10.7. The zero-order valence-corrected chi connectivity index (χ0v) is 10.7. The molecule has 0 bridgehead atoms. The van der Waals surface area contributed by atoms with Gasteiger partial charge in [0, 0.05) is 13.6 Å². The topological polar surface area (TPSA) is 89.4 Å². The van der Waals surface area contributed by atoms with Gasteiger partial charge in [-0.15, -0.1) is 0 Å². The molecule has 0 spiro atoms. The van der Waals surface area contributed by atoms with E-state index in [-0.39, 0.29) is 12.3 Å². The van der Waals surface area contributed by atoms with Crippen LogP contribution in [0.3, 0.4) is 0 Å². The highest BCUT2D eigenvalue weighted by Crippen LogP contribution is 2.10. The molecule has 0 aliphatic rings. The second kappa shape index (κ2) is 6.16. The Balaban J connectivity index is 2.65.